The van der Waals surface area contributed by atoms with Gasteiger partial charge in [-0.1, -0.05) is 34.1 Å². The minimum Gasteiger partial charge on any atom is -0.493 e. The van der Waals surface area contributed by atoms with E-state index in [1.165, 1.54) is 4.68 Å². The maximum absolute atomic E-state index is 13.7. The number of aromatic nitrogens is 2. The maximum atomic E-state index is 13.7. The Kier molecular flexibility index (Phi) is 6.22. The number of carbonyl (C=O) groups is 1. The number of nitrogens with one attached hydrogen (secondary N) is 1. The normalized spacial score (nSPS) is 11.9. The molecule has 5 rings (SSSR count). The van der Waals surface area contributed by atoms with Crippen molar-refractivity contribution in [1.29, 1.82) is 0 Å². The number of benzene rings is 3. The zero-order valence-electron chi connectivity index (χ0n) is 20.5. The first-order valence-corrected chi connectivity index (χ1v) is 12.4. The van der Waals surface area contributed by atoms with Gasteiger partial charge in [-0.2, -0.15) is 0 Å². The van der Waals surface area contributed by atoms with Gasteiger partial charge in [-0.05, 0) is 73.9 Å². The van der Waals surface area contributed by atoms with Crippen molar-refractivity contribution in [2.45, 2.75) is 33.7 Å². The van der Waals surface area contributed by atoms with E-state index in [2.05, 4.69) is 21.2 Å². The summed E-state index contributed by atoms with van der Waals surface area (Å²) >= 11 is 3.48. The molecule has 1 aliphatic heterocycles. The van der Waals surface area contributed by atoms with Crippen LogP contribution in [0.15, 0.2) is 63.9 Å². The molecule has 2 heterocycles. The third kappa shape index (κ3) is 4.22. The molecule has 0 saturated heterocycles. The first-order valence-electron chi connectivity index (χ1n) is 11.6. The predicted molar refractivity (Wildman–Crippen MR) is 143 cm³/mol. The van der Waals surface area contributed by atoms with Crippen molar-refractivity contribution >= 4 is 27.5 Å². The van der Waals surface area contributed by atoms with Gasteiger partial charge in [-0.15, -0.1) is 0 Å². The molecule has 7 nitrogen and oxygen atoms in total. The van der Waals surface area contributed by atoms with E-state index in [1.807, 2.05) is 75.4 Å². The van der Waals surface area contributed by atoms with Crippen LogP contribution >= 0.6 is 15.9 Å². The van der Waals surface area contributed by atoms with Gasteiger partial charge in [0.2, 0.25) is 11.8 Å². The van der Waals surface area contributed by atoms with Crippen molar-refractivity contribution in [1.82, 2.24) is 9.36 Å². The van der Waals surface area contributed by atoms with Crippen molar-refractivity contribution < 1.29 is 14.3 Å². The number of para-hydroxylation sites is 1. The van der Waals surface area contributed by atoms with Crippen LogP contribution in [0.3, 0.4) is 0 Å². The molecule has 4 aromatic rings. The number of halogens is 1. The number of hydrogen-bond acceptors (Lipinski definition) is 4. The van der Waals surface area contributed by atoms with Gasteiger partial charge in [-0.25, -0.2) is 9.36 Å². The summed E-state index contributed by atoms with van der Waals surface area (Å²) in [6, 6.07) is 17.0. The molecule has 0 fully saturated rings. The van der Waals surface area contributed by atoms with Crippen LogP contribution in [-0.2, 0) is 17.8 Å². The number of ether oxygens (including phenoxy) is 2. The second-order valence-electron chi connectivity index (χ2n) is 8.97. The first kappa shape index (κ1) is 23.9. The molecule has 0 spiro atoms. The molecular weight excluding hydrogens is 522 g/mol. The summed E-state index contributed by atoms with van der Waals surface area (Å²) in [5, 5.41) is 2.94. The van der Waals surface area contributed by atoms with Gasteiger partial charge in [0.1, 0.15) is 6.54 Å². The number of hydrogen-bond donors (Lipinski definition) is 1. The van der Waals surface area contributed by atoms with E-state index < -0.39 is 0 Å². The largest absolute Gasteiger partial charge is 0.493 e. The molecule has 1 amide bonds. The summed E-state index contributed by atoms with van der Waals surface area (Å²) in [6.07, 6.45) is 0.381. The Morgan fingerprint density at radius 2 is 1.86 bits per heavy atom. The topological polar surface area (TPSA) is 74.5 Å². The first-order chi connectivity index (χ1) is 17.3. The molecule has 8 heteroatoms. The van der Waals surface area contributed by atoms with Crippen LogP contribution in [-0.4, -0.2) is 22.4 Å². The van der Waals surface area contributed by atoms with E-state index in [0.717, 1.165) is 26.7 Å². The van der Waals surface area contributed by atoms with Gasteiger partial charge in [0.15, 0.2) is 11.5 Å². The molecule has 0 saturated carbocycles. The maximum Gasteiger partial charge on any atom is 0.278 e. The van der Waals surface area contributed by atoms with Gasteiger partial charge < -0.3 is 14.8 Å². The second-order valence-corrected chi connectivity index (χ2v) is 9.82. The van der Waals surface area contributed by atoms with Crippen LogP contribution in [0.5, 0.6) is 17.4 Å². The molecule has 0 bridgehead atoms. The highest BCUT2D eigenvalue weighted by Crippen LogP contribution is 2.41. The monoisotopic (exact) mass is 547 g/mol. The Balaban J connectivity index is 1.60. The Bertz CT molecular complexity index is 1570. The van der Waals surface area contributed by atoms with Crippen LogP contribution in [0.2, 0.25) is 0 Å². The number of anilines is 1. The molecule has 0 unspecified atom stereocenters. The Labute approximate surface area is 217 Å². The van der Waals surface area contributed by atoms with Crippen LogP contribution in [0.1, 0.15) is 27.8 Å². The van der Waals surface area contributed by atoms with Gasteiger partial charge in [0, 0.05) is 22.1 Å². The smallest absolute Gasteiger partial charge is 0.278 e. The van der Waals surface area contributed by atoms with Crippen molar-refractivity contribution in [2.24, 2.45) is 0 Å². The van der Waals surface area contributed by atoms with Gasteiger partial charge in [0.05, 0.1) is 18.4 Å². The van der Waals surface area contributed by atoms with E-state index in [9.17, 15) is 9.59 Å². The predicted octanol–water partition coefficient (Wildman–Crippen LogP) is 5.67. The fraction of sp³-hybridized carbons (Fsp3) is 0.214. The van der Waals surface area contributed by atoms with E-state index in [1.54, 1.807) is 11.8 Å². The summed E-state index contributed by atoms with van der Waals surface area (Å²) < 4.78 is 15.9. The summed E-state index contributed by atoms with van der Waals surface area (Å²) in [7, 11) is 1.58. The zero-order valence-corrected chi connectivity index (χ0v) is 22.1. The van der Waals surface area contributed by atoms with Crippen LogP contribution in [0.4, 0.5) is 5.69 Å². The number of amides is 1. The molecular formula is C28H26BrN3O4. The molecule has 36 heavy (non-hydrogen) atoms. The Morgan fingerprint density at radius 1 is 1.06 bits per heavy atom. The fourth-order valence-electron chi connectivity index (χ4n) is 4.42. The van der Waals surface area contributed by atoms with E-state index in [4.69, 9.17) is 9.47 Å². The standard InChI is InChI=1S/C28H26BrN3O4/c1-16-8-10-21(13-17(16)2)32-27(34)22-14-19-6-5-7-24(35-4)26(19)36-28(22)31(32)15-25(33)30-20-9-11-23(29)18(3)12-20/h5-13H,14-15H2,1-4H3,(H,30,33). The van der Waals surface area contributed by atoms with Gasteiger partial charge in [0.25, 0.3) is 5.56 Å². The minimum absolute atomic E-state index is 0.114. The quantitative estimate of drug-likeness (QED) is 0.307. The summed E-state index contributed by atoms with van der Waals surface area (Å²) in [5.41, 5.74) is 5.66. The zero-order chi connectivity index (χ0) is 25.6. The molecule has 1 N–H and O–H groups in total. The lowest BCUT2D eigenvalue weighted by Gasteiger charge is -2.21. The van der Waals surface area contributed by atoms with Crippen LogP contribution in [0.25, 0.3) is 5.69 Å². The lowest BCUT2D eigenvalue weighted by Crippen LogP contribution is -2.27. The number of rotatable bonds is 5. The number of carbonyl (C=O) groups excluding carboxylic acids is 1. The molecule has 184 valence electrons. The number of nitrogens with zero attached hydrogens (tertiary/aromatic N) is 2. The second kappa shape index (κ2) is 9.35. The molecule has 0 radical (unpaired) electrons. The lowest BCUT2D eigenvalue weighted by molar-refractivity contribution is -0.117. The van der Waals surface area contributed by atoms with Crippen LogP contribution < -0.4 is 20.3 Å². The van der Waals surface area contributed by atoms with Crippen LogP contribution in [0, 0.1) is 20.8 Å². The van der Waals surface area contributed by atoms with Gasteiger partial charge in [-0.3, -0.25) is 9.59 Å². The number of aryl methyl sites for hydroxylation is 3. The SMILES string of the molecule is COc1cccc2c1Oc1c(c(=O)n(-c3ccc(C)c(C)c3)n1CC(=O)Nc1ccc(Br)c(C)c1)C2. The third-order valence-corrected chi connectivity index (χ3v) is 7.39. The minimum atomic E-state index is -0.276. The summed E-state index contributed by atoms with van der Waals surface area (Å²) in [5.74, 6) is 1.20. The van der Waals surface area contributed by atoms with E-state index >= 15 is 0 Å². The summed E-state index contributed by atoms with van der Waals surface area (Å²) in [6.45, 7) is 5.86. The highest BCUT2D eigenvalue weighted by molar-refractivity contribution is 9.10. The molecule has 1 aliphatic rings. The average molecular weight is 548 g/mol. The van der Waals surface area contributed by atoms with Gasteiger partial charge >= 0.3 is 0 Å². The highest BCUT2D eigenvalue weighted by atomic mass is 79.9. The number of methoxy groups -OCH3 is 1. The number of fused-ring (bicyclic) bond motifs is 2. The molecule has 1 aromatic heterocycles. The highest BCUT2D eigenvalue weighted by Gasteiger charge is 2.31. The van der Waals surface area contributed by atoms with Crippen molar-refractivity contribution in [3.63, 3.8) is 0 Å². The third-order valence-electron chi connectivity index (χ3n) is 6.50. The Morgan fingerprint density at radius 3 is 2.58 bits per heavy atom. The lowest BCUT2D eigenvalue weighted by atomic mass is 10.0. The molecule has 3 aromatic carbocycles. The van der Waals surface area contributed by atoms with E-state index in [-0.39, 0.29) is 18.0 Å². The van der Waals surface area contributed by atoms with Crippen molar-refractivity contribution in [3.8, 4) is 23.1 Å². The fourth-order valence-corrected chi connectivity index (χ4v) is 4.67. The molecule has 0 aliphatic carbocycles. The van der Waals surface area contributed by atoms with Crippen molar-refractivity contribution in [2.75, 3.05) is 12.4 Å². The molecule has 0 atom stereocenters. The summed E-state index contributed by atoms with van der Waals surface area (Å²) in [4.78, 5) is 26.9. The van der Waals surface area contributed by atoms with E-state index in [0.29, 0.717) is 40.7 Å². The Hall–Kier alpha value is -3.78. The average Bonchev–Trinajstić information content (AvgIpc) is 3.11. The van der Waals surface area contributed by atoms with Crippen molar-refractivity contribution in [3.05, 3.63) is 97.2 Å².